The van der Waals surface area contributed by atoms with Gasteiger partial charge in [0, 0.05) is 12.9 Å². The average Bonchev–Trinajstić information content (AvgIpc) is 2.20. The van der Waals surface area contributed by atoms with Crippen molar-refractivity contribution in [3.63, 3.8) is 0 Å². The van der Waals surface area contributed by atoms with Gasteiger partial charge in [0.15, 0.2) is 0 Å². The first-order valence-corrected chi connectivity index (χ1v) is 4.76. The molecule has 1 N–H and O–H groups in total. The van der Waals surface area contributed by atoms with Crippen molar-refractivity contribution in [3.05, 3.63) is 29.3 Å². The number of rotatable bonds is 2. The van der Waals surface area contributed by atoms with E-state index in [4.69, 9.17) is 16.3 Å². The van der Waals surface area contributed by atoms with Crippen LogP contribution >= 0.6 is 11.6 Å². The van der Waals surface area contributed by atoms with Crippen LogP contribution in [0.4, 0.5) is 4.79 Å². The summed E-state index contributed by atoms with van der Waals surface area (Å²) in [5.41, 5.74) is 2.05. The average molecular weight is 214 g/mol. The van der Waals surface area contributed by atoms with Gasteiger partial charge in [0.2, 0.25) is 0 Å². The summed E-state index contributed by atoms with van der Waals surface area (Å²) in [6.07, 6.45) is -0.477. The summed E-state index contributed by atoms with van der Waals surface area (Å²) in [5, 5.41) is 2.37. The van der Waals surface area contributed by atoms with Crippen molar-refractivity contribution in [3.8, 4) is 5.75 Å². The lowest BCUT2D eigenvalue weighted by Crippen LogP contribution is -2.22. The van der Waals surface area contributed by atoms with E-state index >= 15 is 0 Å². The van der Waals surface area contributed by atoms with E-state index in [1.54, 1.807) is 12.1 Å². The molecular formula is C10H12ClNO2. The first-order valence-electron chi connectivity index (χ1n) is 4.22. The Kier molecular flexibility index (Phi) is 3.77. The Balaban J connectivity index is 2.84. The molecular weight excluding hydrogens is 202 g/mol. The fourth-order valence-corrected chi connectivity index (χ4v) is 1.30. The van der Waals surface area contributed by atoms with E-state index in [2.05, 4.69) is 5.32 Å². The Hall–Kier alpha value is -1.22. The summed E-state index contributed by atoms with van der Waals surface area (Å²) in [6, 6.07) is 5.37. The molecule has 3 nitrogen and oxygen atoms in total. The first kappa shape index (κ1) is 10.9. The predicted molar refractivity (Wildman–Crippen MR) is 55.8 cm³/mol. The smallest absolute Gasteiger partial charge is 0.410 e. The molecule has 1 aromatic carbocycles. The van der Waals surface area contributed by atoms with Crippen molar-refractivity contribution in [1.82, 2.24) is 5.32 Å². The van der Waals surface area contributed by atoms with E-state index in [9.17, 15) is 4.79 Å². The molecule has 0 unspecified atom stereocenters. The molecule has 1 amide bonds. The number of benzene rings is 1. The van der Waals surface area contributed by atoms with Crippen LogP contribution < -0.4 is 10.1 Å². The van der Waals surface area contributed by atoms with Crippen LogP contribution in [0.1, 0.15) is 11.1 Å². The highest BCUT2D eigenvalue weighted by atomic mass is 35.5. The van der Waals surface area contributed by atoms with E-state index in [1.807, 2.05) is 13.0 Å². The minimum absolute atomic E-state index is 0.413. The maximum absolute atomic E-state index is 10.9. The van der Waals surface area contributed by atoms with E-state index in [1.165, 1.54) is 7.05 Å². The van der Waals surface area contributed by atoms with Crippen LogP contribution in [0.15, 0.2) is 18.2 Å². The van der Waals surface area contributed by atoms with Gasteiger partial charge in [0.25, 0.3) is 0 Å². The lowest BCUT2D eigenvalue weighted by molar-refractivity contribution is 0.203. The molecule has 0 heterocycles. The van der Waals surface area contributed by atoms with Crippen molar-refractivity contribution in [1.29, 1.82) is 0 Å². The molecule has 0 saturated heterocycles. The largest absolute Gasteiger partial charge is 0.412 e. The molecule has 0 saturated carbocycles. The number of hydrogen-bond acceptors (Lipinski definition) is 2. The van der Waals surface area contributed by atoms with Gasteiger partial charge in [0.1, 0.15) is 5.75 Å². The Morgan fingerprint density at radius 1 is 1.57 bits per heavy atom. The quantitative estimate of drug-likeness (QED) is 0.767. The number of halogens is 1. The van der Waals surface area contributed by atoms with Gasteiger partial charge in [-0.1, -0.05) is 6.07 Å². The van der Waals surface area contributed by atoms with E-state index < -0.39 is 6.09 Å². The zero-order valence-corrected chi connectivity index (χ0v) is 8.89. The van der Waals surface area contributed by atoms with Crippen LogP contribution in [-0.4, -0.2) is 13.1 Å². The van der Waals surface area contributed by atoms with E-state index in [0.717, 1.165) is 11.1 Å². The Labute approximate surface area is 88.0 Å². The van der Waals surface area contributed by atoms with Gasteiger partial charge in [-0.3, -0.25) is 0 Å². The van der Waals surface area contributed by atoms with E-state index in [0.29, 0.717) is 11.6 Å². The van der Waals surface area contributed by atoms with Crippen LogP contribution in [0.25, 0.3) is 0 Å². The number of carbonyl (C=O) groups excluding carboxylic acids is 1. The molecule has 1 rings (SSSR count). The molecule has 4 heteroatoms. The zero-order valence-electron chi connectivity index (χ0n) is 8.13. The number of hydrogen-bond donors (Lipinski definition) is 1. The second kappa shape index (κ2) is 4.86. The molecule has 0 aromatic heterocycles. The zero-order chi connectivity index (χ0) is 10.6. The van der Waals surface area contributed by atoms with Gasteiger partial charge < -0.3 is 10.1 Å². The number of alkyl halides is 1. The predicted octanol–water partition coefficient (Wildman–Crippen LogP) is 2.45. The van der Waals surface area contributed by atoms with Crippen molar-refractivity contribution in [2.75, 3.05) is 7.05 Å². The van der Waals surface area contributed by atoms with E-state index in [-0.39, 0.29) is 0 Å². The summed E-state index contributed by atoms with van der Waals surface area (Å²) >= 11 is 5.72. The van der Waals surface area contributed by atoms with Gasteiger partial charge >= 0.3 is 6.09 Å². The highest BCUT2D eigenvalue weighted by Crippen LogP contribution is 2.18. The molecule has 0 aliphatic carbocycles. The van der Waals surface area contributed by atoms with Gasteiger partial charge in [-0.05, 0) is 30.2 Å². The monoisotopic (exact) mass is 213 g/mol. The third-order valence-electron chi connectivity index (χ3n) is 1.88. The standard InChI is InChI=1S/C10H12ClNO2/c1-7-3-4-9(5-8(7)6-11)14-10(13)12-2/h3-5H,6H2,1-2H3,(H,12,13). The number of amides is 1. The van der Waals surface area contributed by atoms with Crippen LogP contribution in [0.5, 0.6) is 5.75 Å². The first-order chi connectivity index (χ1) is 6.67. The lowest BCUT2D eigenvalue weighted by atomic mass is 10.1. The minimum atomic E-state index is -0.477. The van der Waals surface area contributed by atoms with Crippen LogP contribution in [0, 0.1) is 6.92 Å². The van der Waals surface area contributed by atoms with Crippen LogP contribution in [0.3, 0.4) is 0 Å². The maximum Gasteiger partial charge on any atom is 0.412 e. The molecule has 0 spiro atoms. The summed E-state index contributed by atoms with van der Waals surface area (Å²) in [7, 11) is 1.51. The van der Waals surface area contributed by atoms with Crippen LogP contribution in [-0.2, 0) is 5.88 Å². The van der Waals surface area contributed by atoms with Crippen molar-refractivity contribution in [2.45, 2.75) is 12.8 Å². The van der Waals surface area contributed by atoms with Crippen molar-refractivity contribution >= 4 is 17.7 Å². The highest BCUT2D eigenvalue weighted by molar-refractivity contribution is 6.17. The number of carbonyl (C=O) groups is 1. The van der Waals surface area contributed by atoms with Crippen molar-refractivity contribution < 1.29 is 9.53 Å². The summed E-state index contributed by atoms with van der Waals surface area (Å²) in [5.74, 6) is 0.919. The molecule has 0 fully saturated rings. The Morgan fingerprint density at radius 3 is 2.86 bits per heavy atom. The number of nitrogens with one attached hydrogen (secondary N) is 1. The third kappa shape index (κ3) is 2.64. The fourth-order valence-electron chi connectivity index (χ4n) is 1.01. The molecule has 0 radical (unpaired) electrons. The molecule has 0 atom stereocenters. The molecule has 0 bridgehead atoms. The highest BCUT2D eigenvalue weighted by Gasteiger charge is 2.03. The van der Waals surface area contributed by atoms with Crippen molar-refractivity contribution in [2.24, 2.45) is 0 Å². The maximum atomic E-state index is 10.9. The normalized spacial score (nSPS) is 9.64. The fraction of sp³-hybridized carbons (Fsp3) is 0.300. The third-order valence-corrected chi connectivity index (χ3v) is 2.17. The molecule has 14 heavy (non-hydrogen) atoms. The van der Waals surface area contributed by atoms with Gasteiger partial charge in [-0.2, -0.15) is 0 Å². The molecule has 1 aromatic rings. The topological polar surface area (TPSA) is 38.3 Å². The molecule has 0 aliphatic heterocycles. The molecule has 0 aliphatic rings. The summed E-state index contributed by atoms with van der Waals surface area (Å²) < 4.78 is 4.95. The summed E-state index contributed by atoms with van der Waals surface area (Å²) in [4.78, 5) is 10.9. The SMILES string of the molecule is CNC(=O)Oc1ccc(C)c(CCl)c1. The van der Waals surface area contributed by atoms with Gasteiger partial charge in [-0.25, -0.2) is 4.79 Å². The molecule has 76 valence electrons. The number of ether oxygens (including phenoxy) is 1. The number of aryl methyl sites for hydroxylation is 1. The Bertz CT molecular complexity index is 339. The lowest BCUT2D eigenvalue weighted by Gasteiger charge is -2.06. The minimum Gasteiger partial charge on any atom is -0.410 e. The Morgan fingerprint density at radius 2 is 2.29 bits per heavy atom. The van der Waals surface area contributed by atoms with Gasteiger partial charge in [0.05, 0.1) is 0 Å². The summed E-state index contributed by atoms with van der Waals surface area (Å²) in [6.45, 7) is 1.96. The van der Waals surface area contributed by atoms with Crippen LogP contribution in [0.2, 0.25) is 0 Å². The second-order valence-corrected chi connectivity index (χ2v) is 3.13. The van der Waals surface area contributed by atoms with Gasteiger partial charge in [-0.15, -0.1) is 11.6 Å². The second-order valence-electron chi connectivity index (χ2n) is 2.86.